The fraction of sp³-hybridized carbons (Fsp3) is 0.207. The van der Waals surface area contributed by atoms with Crippen LogP contribution in [0.5, 0.6) is 0 Å². The van der Waals surface area contributed by atoms with E-state index >= 15 is 0 Å². The normalized spacial score (nSPS) is 12.5. The average molecular weight is 567 g/mol. The van der Waals surface area contributed by atoms with Gasteiger partial charge in [0.2, 0.25) is 5.95 Å². The first-order valence-corrected chi connectivity index (χ1v) is 13.4. The van der Waals surface area contributed by atoms with E-state index < -0.39 is 5.82 Å². The number of nitrogens with one attached hydrogen (secondary N) is 3. The smallest absolute Gasteiger partial charge is 0.229 e. The second-order valence-electron chi connectivity index (χ2n) is 8.68. The van der Waals surface area contributed by atoms with Crippen LogP contribution < -0.4 is 16.0 Å². The monoisotopic (exact) mass is 565 g/mol. The predicted octanol–water partition coefficient (Wildman–Crippen LogP) is 9.14. The van der Waals surface area contributed by atoms with E-state index in [0.717, 1.165) is 24.1 Å². The topological polar surface area (TPSA) is 79.7 Å². The van der Waals surface area contributed by atoms with Crippen LogP contribution in [0.25, 0.3) is 11.1 Å². The number of benzene rings is 2. The molecule has 1 aliphatic carbocycles. The van der Waals surface area contributed by atoms with Crippen LogP contribution in [0.1, 0.15) is 39.2 Å². The van der Waals surface area contributed by atoms with Crippen LogP contribution in [0.4, 0.5) is 33.2 Å². The maximum atomic E-state index is 14.8. The molecule has 2 aromatic carbocycles. The van der Waals surface area contributed by atoms with Gasteiger partial charge >= 0.3 is 0 Å². The van der Waals surface area contributed by atoms with E-state index in [0.29, 0.717) is 44.8 Å². The summed E-state index contributed by atoms with van der Waals surface area (Å²) in [5.41, 5.74) is 3.54. The quantitative estimate of drug-likeness (QED) is 0.175. The highest BCUT2D eigenvalue weighted by Gasteiger charge is 2.20. The van der Waals surface area contributed by atoms with Crippen LogP contribution in [0, 0.1) is 5.82 Å². The maximum Gasteiger partial charge on any atom is 0.229 e. The Hall–Kier alpha value is -3.88. The van der Waals surface area contributed by atoms with E-state index in [1.807, 2.05) is 24.7 Å². The molecule has 7 nitrogen and oxygen atoms in total. The highest BCUT2D eigenvalue weighted by Crippen LogP contribution is 2.35. The zero-order valence-electron chi connectivity index (χ0n) is 21.8. The Morgan fingerprint density at radius 3 is 2.54 bits per heavy atom. The molecule has 5 rings (SSSR count). The van der Waals surface area contributed by atoms with E-state index in [-0.39, 0.29) is 5.69 Å². The minimum absolute atomic E-state index is 0.214. The van der Waals surface area contributed by atoms with Crippen molar-refractivity contribution in [2.45, 2.75) is 39.2 Å². The fourth-order valence-corrected chi connectivity index (χ4v) is 4.16. The highest BCUT2D eigenvalue weighted by molar-refractivity contribution is 6.42. The molecule has 0 radical (unpaired) electrons. The Morgan fingerprint density at radius 1 is 1.05 bits per heavy atom. The van der Waals surface area contributed by atoms with Crippen molar-refractivity contribution in [1.29, 1.82) is 0 Å². The summed E-state index contributed by atoms with van der Waals surface area (Å²) in [6.45, 7) is 11.5. The number of rotatable bonds is 9. The number of hydrogen-bond donors (Lipinski definition) is 3. The molecule has 202 valence electrons. The molecule has 3 N–H and O–H groups in total. The first-order chi connectivity index (χ1) is 18.9. The van der Waals surface area contributed by atoms with Gasteiger partial charge in [0.15, 0.2) is 0 Å². The lowest BCUT2D eigenvalue weighted by Crippen LogP contribution is -2.17. The fourth-order valence-electron chi connectivity index (χ4n) is 3.86. The molecule has 1 fully saturated rings. The number of aromatic nitrogens is 4. The van der Waals surface area contributed by atoms with Gasteiger partial charge in [0, 0.05) is 29.3 Å². The van der Waals surface area contributed by atoms with E-state index in [1.165, 1.54) is 12.5 Å². The molecule has 0 bridgehead atoms. The first kappa shape index (κ1) is 28.1. The molecule has 0 aliphatic heterocycles. The Kier molecular flexibility index (Phi) is 9.22. The van der Waals surface area contributed by atoms with Crippen molar-refractivity contribution in [3.63, 3.8) is 0 Å². The van der Waals surface area contributed by atoms with E-state index in [1.54, 1.807) is 48.8 Å². The van der Waals surface area contributed by atoms with E-state index in [4.69, 9.17) is 23.2 Å². The summed E-state index contributed by atoms with van der Waals surface area (Å²) in [5, 5.41) is 14.6. The van der Waals surface area contributed by atoms with E-state index in [2.05, 4.69) is 44.2 Å². The number of allylic oxidation sites excluding steroid dienone is 1. The van der Waals surface area contributed by atoms with Gasteiger partial charge in [-0.05, 0) is 61.2 Å². The van der Waals surface area contributed by atoms with Gasteiger partial charge in [-0.25, -0.2) is 9.37 Å². The van der Waals surface area contributed by atoms with Crippen LogP contribution in [0.2, 0.25) is 10.0 Å². The molecular weight excluding hydrogens is 536 g/mol. The number of nitrogens with zero attached hydrogens (tertiary/aromatic N) is 4. The molecule has 2 aromatic heterocycles. The number of anilines is 5. The summed E-state index contributed by atoms with van der Waals surface area (Å²) >= 11 is 12.4. The predicted molar refractivity (Wildman–Crippen MR) is 160 cm³/mol. The summed E-state index contributed by atoms with van der Waals surface area (Å²) < 4.78 is 16.8. The van der Waals surface area contributed by atoms with Crippen LogP contribution in [-0.4, -0.2) is 19.7 Å². The summed E-state index contributed by atoms with van der Waals surface area (Å²) in [6.07, 6.45) is 10.4. The third-order valence-electron chi connectivity index (χ3n) is 6.10. The van der Waals surface area contributed by atoms with Gasteiger partial charge < -0.3 is 16.0 Å². The molecule has 0 atom stereocenters. The Bertz CT molecular complexity index is 1480. The average Bonchev–Trinajstić information content (AvgIpc) is 3.35. The van der Waals surface area contributed by atoms with Gasteiger partial charge in [-0.3, -0.25) is 4.68 Å². The van der Waals surface area contributed by atoms with E-state index in [9.17, 15) is 4.39 Å². The van der Waals surface area contributed by atoms with Crippen molar-refractivity contribution in [1.82, 2.24) is 19.7 Å². The lowest BCUT2D eigenvalue weighted by atomic mass is 9.93. The molecule has 0 saturated heterocycles. The molecule has 39 heavy (non-hydrogen) atoms. The van der Waals surface area contributed by atoms with Gasteiger partial charge in [0.1, 0.15) is 11.6 Å². The van der Waals surface area contributed by atoms with Crippen molar-refractivity contribution < 1.29 is 4.39 Å². The van der Waals surface area contributed by atoms with Crippen molar-refractivity contribution in [2.75, 3.05) is 16.0 Å². The SMILES string of the molecule is C=CC(=C)Nc1ccc(F)c(Nc2nc(Nc3cnn(C4CCC4)c3)ncc2-c2ccc(Cl)c(Cl)c2)c1.CC. The molecule has 0 amide bonds. The number of halogens is 3. The maximum absolute atomic E-state index is 14.8. The molecule has 4 aromatic rings. The summed E-state index contributed by atoms with van der Waals surface area (Å²) in [5.74, 6) is 0.250. The van der Waals surface area contributed by atoms with Crippen LogP contribution in [0.15, 0.2) is 79.9 Å². The van der Waals surface area contributed by atoms with Gasteiger partial charge in [-0.15, -0.1) is 0 Å². The summed E-state index contributed by atoms with van der Waals surface area (Å²) in [7, 11) is 0. The molecule has 0 unspecified atom stereocenters. The van der Waals surface area contributed by atoms with Gasteiger partial charge in [-0.1, -0.05) is 56.3 Å². The van der Waals surface area contributed by atoms with Crippen molar-refractivity contribution in [3.8, 4) is 11.1 Å². The number of hydrogen-bond acceptors (Lipinski definition) is 6. The van der Waals surface area contributed by atoms with Gasteiger partial charge in [0.05, 0.1) is 33.7 Å². The zero-order valence-corrected chi connectivity index (χ0v) is 23.3. The largest absolute Gasteiger partial charge is 0.356 e. The van der Waals surface area contributed by atoms with Crippen LogP contribution in [0.3, 0.4) is 0 Å². The third-order valence-corrected chi connectivity index (χ3v) is 6.84. The summed E-state index contributed by atoms with van der Waals surface area (Å²) in [6, 6.07) is 10.2. The van der Waals surface area contributed by atoms with Crippen LogP contribution in [-0.2, 0) is 0 Å². The lowest BCUT2D eigenvalue weighted by Gasteiger charge is -2.25. The highest BCUT2D eigenvalue weighted by atomic mass is 35.5. The van der Waals surface area contributed by atoms with Crippen molar-refractivity contribution in [2.24, 2.45) is 0 Å². The zero-order chi connectivity index (χ0) is 27.9. The molecule has 10 heteroatoms. The Labute approximate surface area is 237 Å². The lowest BCUT2D eigenvalue weighted by molar-refractivity contribution is 0.289. The van der Waals surface area contributed by atoms with Crippen LogP contribution >= 0.6 is 23.2 Å². The Balaban J connectivity index is 0.00000172. The van der Waals surface area contributed by atoms with Crippen molar-refractivity contribution in [3.05, 3.63) is 95.8 Å². The summed E-state index contributed by atoms with van der Waals surface area (Å²) in [4.78, 5) is 9.14. The molecule has 0 spiro atoms. The third kappa shape index (κ3) is 6.77. The Morgan fingerprint density at radius 2 is 1.85 bits per heavy atom. The second-order valence-corrected chi connectivity index (χ2v) is 9.49. The molecular formula is C29H30Cl2FN7. The molecule has 1 aliphatic rings. The second kappa shape index (κ2) is 12.8. The standard InChI is InChI=1S/C27H24Cl2FN7.C2H6/c1-3-16(2)33-18-8-10-24(30)25(12-18)35-26-21(17-7-9-22(28)23(29)11-17)14-31-27(36-26)34-19-13-32-37(15-19)20-5-4-6-20;1-2/h3,7-15,20,33H,1-2,4-6H2,(H2,31,34,35,36);1-2H3. The minimum atomic E-state index is -0.454. The molecule has 1 saturated carbocycles. The molecule has 2 heterocycles. The van der Waals surface area contributed by atoms with Gasteiger partial charge in [-0.2, -0.15) is 10.1 Å². The van der Waals surface area contributed by atoms with Gasteiger partial charge in [0.25, 0.3) is 0 Å². The van der Waals surface area contributed by atoms with Crippen molar-refractivity contribution >= 4 is 52.0 Å². The minimum Gasteiger partial charge on any atom is -0.356 e. The first-order valence-electron chi connectivity index (χ1n) is 12.7.